The fraction of sp³-hybridized carbons (Fsp3) is 0.478. The lowest BCUT2D eigenvalue weighted by Gasteiger charge is -2.57. The summed E-state index contributed by atoms with van der Waals surface area (Å²) in [5.74, 6) is -0.814. The molecule has 2 aromatic rings. The van der Waals surface area contributed by atoms with Crippen molar-refractivity contribution in [1.82, 2.24) is 15.3 Å². The van der Waals surface area contributed by atoms with Gasteiger partial charge in [0, 0.05) is 24.0 Å². The van der Waals surface area contributed by atoms with Gasteiger partial charge in [-0.3, -0.25) is 4.79 Å². The maximum atomic E-state index is 13.8. The number of carbonyl (C=O) groups is 2. The van der Waals surface area contributed by atoms with Crippen LogP contribution in [-0.4, -0.2) is 39.7 Å². The van der Waals surface area contributed by atoms with E-state index >= 15 is 0 Å². The van der Waals surface area contributed by atoms with E-state index in [2.05, 4.69) is 41.8 Å². The zero-order valence-corrected chi connectivity index (χ0v) is 20.3. The van der Waals surface area contributed by atoms with Crippen LogP contribution in [0.15, 0.2) is 35.1 Å². The Morgan fingerprint density at radius 3 is 2.52 bits per heavy atom. The number of rotatable bonds is 5. The molecule has 4 rings (SSSR count). The zero-order valence-electron chi connectivity index (χ0n) is 18.7. The molecule has 0 unspecified atom stereocenters. The summed E-state index contributed by atoms with van der Waals surface area (Å²) < 4.78 is 19.7. The molecule has 3 N–H and O–H groups in total. The maximum Gasteiger partial charge on any atom is 0.407 e. The number of nitrogens with zero attached hydrogens (tertiary/aromatic N) is 2. The summed E-state index contributed by atoms with van der Waals surface area (Å²) in [5.41, 5.74) is 0.476. The second-order valence-corrected chi connectivity index (χ2v) is 10.7. The number of alkyl carbamates (subject to hydrolysis) is 1. The number of carbonyl (C=O) groups excluding carboxylic acids is 2. The van der Waals surface area contributed by atoms with Crippen molar-refractivity contribution < 1.29 is 18.7 Å². The average molecular weight is 520 g/mol. The van der Waals surface area contributed by atoms with E-state index in [0.717, 1.165) is 25.7 Å². The molecule has 0 bridgehead atoms. The molecule has 2 fully saturated rings. The average Bonchev–Trinajstić information content (AvgIpc) is 2.63. The predicted molar refractivity (Wildman–Crippen MR) is 126 cm³/mol. The molecule has 10 heteroatoms. The van der Waals surface area contributed by atoms with E-state index in [9.17, 15) is 14.0 Å². The van der Waals surface area contributed by atoms with Crippen molar-refractivity contribution in [3.8, 4) is 0 Å². The Morgan fingerprint density at radius 2 is 1.85 bits per heavy atom. The Bertz CT molecular complexity index is 1060. The quantitative estimate of drug-likeness (QED) is 0.486. The first-order chi connectivity index (χ1) is 15.5. The molecule has 0 aliphatic heterocycles. The molecular formula is C23H27BrFN5O3. The van der Waals surface area contributed by atoms with Crippen LogP contribution in [0.2, 0.25) is 0 Å². The van der Waals surface area contributed by atoms with Crippen LogP contribution in [0, 0.1) is 11.4 Å². The molecule has 2 amide bonds. The molecule has 2 saturated carbocycles. The highest BCUT2D eigenvalue weighted by atomic mass is 79.9. The standard InChI is InChI=1S/C23H27BrFN5O3/c1-22(2,3)33-21(32)29-15-11-23(12-15)9-14(10-23)27-19-16(4-5-18(25)30-19)20(31)28-13-6-7-26-17(24)8-13/h4-8,14-15H,9-12H2,1-3H3,(H,27,30)(H,29,32)(H,26,28,31). The third-order valence-corrected chi connectivity index (χ3v) is 6.30. The summed E-state index contributed by atoms with van der Waals surface area (Å²) in [4.78, 5) is 32.7. The normalized spacial score (nSPS) is 23.8. The molecule has 2 aliphatic rings. The van der Waals surface area contributed by atoms with Crippen molar-refractivity contribution in [3.05, 3.63) is 46.6 Å². The van der Waals surface area contributed by atoms with Crippen molar-refractivity contribution in [1.29, 1.82) is 0 Å². The van der Waals surface area contributed by atoms with Crippen LogP contribution in [0.1, 0.15) is 56.8 Å². The smallest absolute Gasteiger partial charge is 0.407 e. The van der Waals surface area contributed by atoms with Gasteiger partial charge in [-0.2, -0.15) is 4.39 Å². The number of pyridine rings is 2. The molecular weight excluding hydrogens is 493 g/mol. The highest BCUT2D eigenvalue weighted by molar-refractivity contribution is 9.10. The van der Waals surface area contributed by atoms with Crippen molar-refractivity contribution in [2.45, 2.75) is 64.1 Å². The largest absolute Gasteiger partial charge is 0.444 e. The van der Waals surface area contributed by atoms with E-state index in [0.29, 0.717) is 10.3 Å². The lowest BCUT2D eigenvalue weighted by molar-refractivity contribution is -0.0179. The van der Waals surface area contributed by atoms with Crippen LogP contribution in [0.5, 0.6) is 0 Å². The summed E-state index contributed by atoms with van der Waals surface area (Å²) in [6.45, 7) is 5.51. The van der Waals surface area contributed by atoms with Gasteiger partial charge in [0.2, 0.25) is 5.95 Å². The number of nitrogens with one attached hydrogen (secondary N) is 3. The number of aromatic nitrogens is 2. The first-order valence-corrected chi connectivity index (χ1v) is 11.7. The topological polar surface area (TPSA) is 105 Å². The maximum absolute atomic E-state index is 13.8. The van der Waals surface area contributed by atoms with E-state index < -0.39 is 17.6 Å². The van der Waals surface area contributed by atoms with Crippen LogP contribution in [0.25, 0.3) is 0 Å². The van der Waals surface area contributed by atoms with Crippen LogP contribution in [-0.2, 0) is 4.74 Å². The van der Waals surface area contributed by atoms with Gasteiger partial charge >= 0.3 is 6.09 Å². The fourth-order valence-corrected chi connectivity index (χ4v) is 4.95. The molecule has 8 nitrogen and oxygen atoms in total. The first kappa shape index (κ1) is 23.4. The predicted octanol–water partition coefficient (Wildman–Crippen LogP) is 4.88. The fourth-order valence-electron chi connectivity index (χ4n) is 4.58. The van der Waals surface area contributed by atoms with Gasteiger partial charge in [-0.15, -0.1) is 0 Å². The molecule has 1 spiro atoms. The molecule has 2 heterocycles. The van der Waals surface area contributed by atoms with Gasteiger partial charge in [-0.25, -0.2) is 14.8 Å². The molecule has 0 aromatic carbocycles. The van der Waals surface area contributed by atoms with Gasteiger partial charge in [0.25, 0.3) is 5.91 Å². The molecule has 0 radical (unpaired) electrons. The van der Waals surface area contributed by atoms with E-state index in [1.54, 1.807) is 18.3 Å². The van der Waals surface area contributed by atoms with E-state index in [1.807, 2.05) is 20.8 Å². The van der Waals surface area contributed by atoms with Gasteiger partial charge in [-0.05, 0) is 92.1 Å². The summed E-state index contributed by atoms with van der Waals surface area (Å²) in [6, 6.07) is 6.13. The zero-order chi connectivity index (χ0) is 23.8. The molecule has 176 valence electrons. The second-order valence-electron chi connectivity index (χ2n) is 9.85. The van der Waals surface area contributed by atoms with E-state index in [4.69, 9.17) is 4.74 Å². The van der Waals surface area contributed by atoms with E-state index in [1.165, 1.54) is 12.1 Å². The minimum atomic E-state index is -0.653. The minimum Gasteiger partial charge on any atom is -0.444 e. The Hall–Kier alpha value is -2.75. The van der Waals surface area contributed by atoms with E-state index in [-0.39, 0.29) is 34.8 Å². The molecule has 0 saturated heterocycles. The summed E-state index contributed by atoms with van der Waals surface area (Å²) >= 11 is 3.27. The Morgan fingerprint density at radius 1 is 1.15 bits per heavy atom. The number of halogens is 2. The van der Waals surface area contributed by atoms with Crippen molar-refractivity contribution in [2.24, 2.45) is 5.41 Å². The minimum absolute atomic E-state index is 0.0865. The number of ether oxygens (including phenoxy) is 1. The number of hydrogen-bond donors (Lipinski definition) is 3. The van der Waals surface area contributed by atoms with Gasteiger partial charge in [-0.1, -0.05) is 0 Å². The van der Waals surface area contributed by atoms with Gasteiger partial charge in [0.05, 0.1) is 5.56 Å². The van der Waals surface area contributed by atoms with Crippen LogP contribution in [0.4, 0.5) is 20.7 Å². The Labute approximate surface area is 200 Å². The second kappa shape index (κ2) is 8.89. The lowest BCUT2D eigenvalue weighted by Crippen LogP contribution is -2.59. The van der Waals surface area contributed by atoms with Crippen LogP contribution in [0.3, 0.4) is 0 Å². The van der Waals surface area contributed by atoms with Gasteiger partial charge in [0.15, 0.2) is 0 Å². The molecule has 2 aliphatic carbocycles. The summed E-state index contributed by atoms with van der Waals surface area (Å²) in [6.07, 6.45) is 4.68. The van der Waals surface area contributed by atoms with Crippen molar-refractivity contribution in [3.63, 3.8) is 0 Å². The first-order valence-electron chi connectivity index (χ1n) is 10.9. The highest BCUT2D eigenvalue weighted by Gasteiger charge is 2.53. The molecule has 2 aromatic heterocycles. The molecule has 0 atom stereocenters. The third-order valence-electron chi connectivity index (χ3n) is 5.87. The summed E-state index contributed by atoms with van der Waals surface area (Å²) in [5, 5.41) is 8.93. The van der Waals surface area contributed by atoms with Gasteiger partial charge < -0.3 is 20.7 Å². The van der Waals surface area contributed by atoms with Crippen LogP contribution < -0.4 is 16.0 Å². The molecule has 33 heavy (non-hydrogen) atoms. The van der Waals surface area contributed by atoms with Crippen molar-refractivity contribution >= 4 is 39.4 Å². The summed E-state index contributed by atoms with van der Waals surface area (Å²) in [7, 11) is 0. The van der Waals surface area contributed by atoms with Crippen LogP contribution >= 0.6 is 15.9 Å². The third kappa shape index (κ3) is 5.79. The number of anilines is 2. The number of hydrogen-bond acceptors (Lipinski definition) is 6. The Balaban J connectivity index is 1.31. The highest BCUT2D eigenvalue weighted by Crippen LogP contribution is 2.56. The van der Waals surface area contributed by atoms with Gasteiger partial charge in [0.1, 0.15) is 16.0 Å². The SMILES string of the molecule is CC(C)(C)OC(=O)NC1CC2(C1)CC(Nc1nc(F)ccc1C(=O)Nc1ccnc(Br)c1)C2. The lowest BCUT2D eigenvalue weighted by atomic mass is 9.52. The monoisotopic (exact) mass is 519 g/mol. The Kier molecular flexibility index (Phi) is 6.30. The van der Waals surface area contributed by atoms with Crippen molar-refractivity contribution in [2.75, 3.05) is 10.6 Å². The number of amides is 2.